The SMILES string of the molecule is COc1ccc(C(=O)N/C(=C\c2cccs2)C(=O)NCCSCc2ccc(Cl)cc2)cc1. The van der Waals surface area contributed by atoms with Gasteiger partial charge in [0.15, 0.2) is 0 Å². The van der Waals surface area contributed by atoms with Crippen molar-refractivity contribution in [3.8, 4) is 5.75 Å². The van der Waals surface area contributed by atoms with Crippen LogP contribution in [0.2, 0.25) is 5.02 Å². The first-order valence-corrected chi connectivity index (χ1v) is 12.3. The fourth-order valence-corrected chi connectivity index (χ4v) is 4.32. The van der Waals surface area contributed by atoms with Gasteiger partial charge in [0, 0.05) is 33.5 Å². The Balaban J connectivity index is 1.56. The van der Waals surface area contributed by atoms with Gasteiger partial charge in [-0.2, -0.15) is 11.8 Å². The van der Waals surface area contributed by atoms with Crippen molar-refractivity contribution < 1.29 is 14.3 Å². The zero-order valence-corrected chi connectivity index (χ0v) is 19.9. The predicted molar refractivity (Wildman–Crippen MR) is 133 cm³/mol. The molecule has 0 aliphatic heterocycles. The van der Waals surface area contributed by atoms with E-state index in [0.29, 0.717) is 22.9 Å². The fraction of sp³-hybridized carbons (Fsp3) is 0.167. The van der Waals surface area contributed by atoms with E-state index in [9.17, 15) is 9.59 Å². The smallest absolute Gasteiger partial charge is 0.267 e. The lowest BCUT2D eigenvalue weighted by Gasteiger charge is -2.11. The number of hydrogen-bond donors (Lipinski definition) is 2. The maximum Gasteiger partial charge on any atom is 0.267 e. The topological polar surface area (TPSA) is 67.4 Å². The minimum Gasteiger partial charge on any atom is -0.497 e. The lowest BCUT2D eigenvalue weighted by molar-refractivity contribution is -0.117. The van der Waals surface area contributed by atoms with E-state index in [1.165, 1.54) is 16.9 Å². The van der Waals surface area contributed by atoms with Crippen molar-refractivity contribution in [3.05, 3.63) is 92.8 Å². The van der Waals surface area contributed by atoms with E-state index < -0.39 is 0 Å². The molecular weight excluding hydrogens is 464 g/mol. The Bertz CT molecular complexity index is 1050. The second-order valence-electron chi connectivity index (χ2n) is 6.69. The maximum absolute atomic E-state index is 12.8. The third kappa shape index (κ3) is 7.44. The van der Waals surface area contributed by atoms with Gasteiger partial charge in [-0.15, -0.1) is 11.3 Å². The van der Waals surface area contributed by atoms with Crippen LogP contribution in [0.4, 0.5) is 0 Å². The average Bonchev–Trinajstić information content (AvgIpc) is 3.32. The fourth-order valence-electron chi connectivity index (χ4n) is 2.71. The third-order valence-electron chi connectivity index (χ3n) is 4.39. The molecular formula is C24H23ClN2O3S2. The Labute approximate surface area is 200 Å². The molecule has 1 aromatic heterocycles. The number of nitrogens with one attached hydrogen (secondary N) is 2. The molecule has 2 N–H and O–H groups in total. The van der Waals surface area contributed by atoms with Gasteiger partial charge >= 0.3 is 0 Å². The van der Waals surface area contributed by atoms with Crippen LogP contribution in [0.5, 0.6) is 5.75 Å². The molecule has 0 atom stereocenters. The molecule has 8 heteroatoms. The van der Waals surface area contributed by atoms with Crippen molar-refractivity contribution in [1.29, 1.82) is 0 Å². The number of hydrogen-bond acceptors (Lipinski definition) is 5. The highest BCUT2D eigenvalue weighted by Gasteiger charge is 2.15. The first-order chi connectivity index (χ1) is 15.5. The second kappa shape index (κ2) is 12.3. The number of benzene rings is 2. The molecule has 1 heterocycles. The van der Waals surface area contributed by atoms with Crippen molar-refractivity contribution in [2.24, 2.45) is 0 Å². The van der Waals surface area contributed by atoms with E-state index in [2.05, 4.69) is 10.6 Å². The van der Waals surface area contributed by atoms with Gasteiger partial charge in [0.05, 0.1) is 7.11 Å². The van der Waals surface area contributed by atoms with Crippen molar-refractivity contribution in [1.82, 2.24) is 10.6 Å². The first kappa shape index (κ1) is 23.9. The number of rotatable bonds is 10. The normalized spacial score (nSPS) is 11.1. The summed E-state index contributed by atoms with van der Waals surface area (Å²) in [5, 5.41) is 8.26. The molecule has 166 valence electrons. The number of thiophene rings is 1. The molecule has 0 radical (unpaired) electrons. The predicted octanol–water partition coefficient (Wildman–Crippen LogP) is 5.23. The van der Waals surface area contributed by atoms with E-state index in [-0.39, 0.29) is 17.5 Å². The Morgan fingerprint density at radius 1 is 1.09 bits per heavy atom. The van der Waals surface area contributed by atoms with Gasteiger partial charge in [-0.3, -0.25) is 9.59 Å². The minimum absolute atomic E-state index is 0.205. The minimum atomic E-state index is -0.359. The molecule has 3 aromatic rings. The average molecular weight is 487 g/mol. The van der Waals surface area contributed by atoms with E-state index >= 15 is 0 Å². The van der Waals surface area contributed by atoms with Crippen LogP contribution < -0.4 is 15.4 Å². The molecule has 0 saturated heterocycles. The monoisotopic (exact) mass is 486 g/mol. The van der Waals surface area contributed by atoms with E-state index in [0.717, 1.165) is 16.4 Å². The third-order valence-corrected chi connectivity index (χ3v) is 6.49. The van der Waals surface area contributed by atoms with Gasteiger partial charge in [-0.1, -0.05) is 29.8 Å². The lowest BCUT2D eigenvalue weighted by atomic mass is 10.2. The number of thioether (sulfide) groups is 1. The molecule has 5 nitrogen and oxygen atoms in total. The number of amides is 2. The van der Waals surface area contributed by atoms with Crippen LogP contribution in [-0.4, -0.2) is 31.2 Å². The summed E-state index contributed by atoms with van der Waals surface area (Å²) in [5.74, 6) is 1.55. The highest BCUT2D eigenvalue weighted by molar-refractivity contribution is 7.98. The standard InChI is InChI=1S/C24H23ClN2O3S2/c1-30-20-10-6-18(7-11-20)23(28)27-22(15-21-3-2-13-32-21)24(29)26-12-14-31-16-17-4-8-19(25)9-5-17/h2-11,13,15H,12,14,16H2,1H3,(H,26,29)(H,27,28)/b22-15-. The first-order valence-electron chi connectivity index (χ1n) is 9.86. The highest BCUT2D eigenvalue weighted by Crippen LogP contribution is 2.16. The van der Waals surface area contributed by atoms with Gasteiger partial charge in [-0.25, -0.2) is 0 Å². The van der Waals surface area contributed by atoms with E-state index in [4.69, 9.17) is 16.3 Å². The molecule has 0 bridgehead atoms. The largest absolute Gasteiger partial charge is 0.497 e. The summed E-state index contributed by atoms with van der Waals surface area (Å²) < 4.78 is 5.12. The molecule has 0 saturated carbocycles. The number of carbonyl (C=O) groups is 2. The summed E-state index contributed by atoms with van der Waals surface area (Å²) in [7, 11) is 1.56. The van der Waals surface area contributed by atoms with Gasteiger partial charge in [0.25, 0.3) is 11.8 Å². The number of halogens is 1. The summed E-state index contributed by atoms with van der Waals surface area (Å²) in [6.45, 7) is 0.483. The maximum atomic E-state index is 12.8. The molecule has 2 amide bonds. The van der Waals surface area contributed by atoms with Crippen molar-refractivity contribution >= 4 is 52.6 Å². The van der Waals surface area contributed by atoms with E-state index in [1.54, 1.807) is 49.2 Å². The summed E-state index contributed by atoms with van der Waals surface area (Å²) in [4.78, 5) is 26.3. The van der Waals surface area contributed by atoms with Crippen LogP contribution in [0, 0.1) is 0 Å². The lowest BCUT2D eigenvalue weighted by Crippen LogP contribution is -2.35. The number of methoxy groups -OCH3 is 1. The summed E-state index contributed by atoms with van der Waals surface area (Å²) in [5.41, 5.74) is 1.82. The van der Waals surface area contributed by atoms with Gasteiger partial charge in [0.2, 0.25) is 0 Å². The molecule has 0 fully saturated rings. The van der Waals surface area contributed by atoms with Crippen molar-refractivity contribution in [3.63, 3.8) is 0 Å². The number of ether oxygens (including phenoxy) is 1. The van der Waals surface area contributed by atoms with Crippen LogP contribution in [-0.2, 0) is 10.5 Å². The Morgan fingerprint density at radius 3 is 2.50 bits per heavy atom. The van der Waals surface area contributed by atoms with Crippen LogP contribution >= 0.6 is 34.7 Å². The van der Waals surface area contributed by atoms with Crippen LogP contribution in [0.1, 0.15) is 20.8 Å². The summed E-state index contributed by atoms with van der Waals surface area (Å²) >= 11 is 9.11. The molecule has 2 aromatic carbocycles. The van der Waals surface area contributed by atoms with E-state index in [1.807, 2.05) is 41.8 Å². The van der Waals surface area contributed by atoms with Crippen molar-refractivity contribution in [2.45, 2.75) is 5.75 Å². The van der Waals surface area contributed by atoms with Crippen LogP contribution in [0.15, 0.2) is 71.7 Å². The van der Waals surface area contributed by atoms with Crippen LogP contribution in [0.25, 0.3) is 6.08 Å². The zero-order valence-electron chi connectivity index (χ0n) is 17.5. The summed E-state index contributed by atoms with van der Waals surface area (Å²) in [6.07, 6.45) is 1.68. The molecule has 0 spiro atoms. The molecule has 32 heavy (non-hydrogen) atoms. The Morgan fingerprint density at radius 2 is 1.84 bits per heavy atom. The quantitative estimate of drug-likeness (QED) is 0.304. The second-order valence-corrected chi connectivity index (χ2v) is 9.21. The Kier molecular flexibility index (Phi) is 9.22. The summed E-state index contributed by atoms with van der Waals surface area (Å²) in [6, 6.07) is 18.2. The van der Waals surface area contributed by atoms with Gasteiger partial charge in [0.1, 0.15) is 11.4 Å². The van der Waals surface area contributed by atoms with Crippen LogP contribution in [0.3, 0.4) is 0 Å². The van der Waals surface area contributed by atoms with Gasteiger partial charge < -0.3 is 15.4 Å². The van der Waals surface area contributed by atoms with Crippen molar-refractivity contribution in [2.75, 3.05) is 19.4 Å². The Hall–Kier alpha value is -2.74. The van der Waals surface area contributed by atoms with Gasteiger partial charge in [-0.05, 0) is 59.5 Å². The highest BCUT2D eigenvalue weighted by atomic mass is 35.5. The zero-order chi connectivity index (χ0) is 22.8. The molecule has 0 aliphatic carbocycles. The molecule has 0 unspecified atom stereocenters. The number of carbonyl (C=O) groups excluding carboxylic acids is 2. The molecule has 0 aliphatic rings. The molecule has 3 rings (SSSR count).